The lowest BCUT2D eigenvalue weighted by Crippen LogP contribution is -2.55. The summed E-state index contributed by atoms with van der Waals surface area (Å²) in [5, 5.41) is 31.1. The van der Waals surface area contributed by atoms with Crippen molar-refractivity contribution in [2.24, 2.45) is 11.3 Å². The van der Waals surface area contributed by atoms with Crippen LogP contribution in [0.5, 0.6) is 0 Å². The Bertz CT molecular complexity index is 1120. The van der Waals surface area contributed by atoms with E-state index < -0.39 is 41.8 Å². The van der Waals surface area contributed by atoms with Crippen LogP contribution >= 0.6 is 0 Å². The standard InChI is InChI=1S/C35H50O9/c1-5-41-34(40)28(37)17-12-13-18-31-35(4,23-36)32-22-27(43-31)16-9-6-8-14-24(2)20-30-25(3)29(38)21-26(42-30)15-10-7-11-19-33(39)44-32/h7-14,16,19-20,25-32,36-38H,5-6,15,17-18,21-23H2,1-4H3/b10-7+,13-12-,14-8+,16-9+,19-11+,24-20-/t25-,26+,27-,28?,29+,30-,31+,32-,35+/m1/s1. The van der Waals surface area contributed by atoms with E-state index in [1.165, 1.54) is 6.08 Å². The Morgan fingerprint density at radius 3 is 2.70 bits per heavy atom. The Morgan fingerprint density at radius 2 is 1.95 bits per heavy atom. The molecule has 3 aliphatic rings. The minimum Gasteiger partial charge on any atom is -0.464 e. The summed E-state index contributed by atoms with van der Waals surface area (Å²) in [7, 11) is 0. The number of allylic oxidation sites excluding steroid dienone is 6. The number of ether oxygens (including phenoxy) is 4. The largest absolute Gasteiger partial charge is 0.464 e. The third-order valence-electron chi connectivity index (χ3n) is 8.58. The maximum absolute atomic E-state index is 12.9. The predicted octanol–water partition coefficient (Wildman–Crippen LogP) is 4.43. The number of aliphatic hydroxyl groups is 3. The van der Waals surface area contributed by atoms with Gasteiger partial charge in [0.05, 0.1) is 49.1 Å². The molecule has 0 aromatic carbocycles. The third-order valence-corrected chi connectivity index (χ3v) is 8.58. The van der Waals surface area contributed by atoms with E-state index in [0.717, 1.165) is 5.57 Å². The quantitative estimate of drug-likeness (QED) is 0.281. The maximum Gasteiger partial charge on any atom is 0.335 e. The first-order chi connectivity index (χ1) is 21.1. The molecule has 3 heterocycles. The molecule has 244 valence electrons. The van der Waals surface area contributed by atoms with Crippen LogP contribution in [0.4, 0.5) is 0 Å². The minimum absolute atomic E-state index is 0.0163. The minimum atomic E-state index is -1.25. The fraction of sp³-hybridized carbons (Fsp3) is 0.600. The summed E-state index contributed by atoms with van der Waals surface area (Å²) in [5.41, 5.74) is 0.162. The molecule has 0 amide bonds. The number of rotatable bonds is 7. The van der Waals surface area contributed by atoms with Gasteiger partial charge < -0.3 is 34.3 Å². The first-order valence-electron chi connectivity index (χ1n) is 15.7. The van der Waals surface area contributed by atoms with E-state index in [1.807, 2.05) is 51.2 Å². The molecule has 1 unspecified atom stereocenters. The zero-order chi connectivity index (χ0) is 32.1. The molecule has 0 aliphatic carbocycles. The van der Waals surface area contributed by atoms with Crippen LogP contribution in [-0.2, 0) is 28.5 Å². The molecule has 4 bridgehead atoms. The van der Waals surface area contributed by atoms with Gasteiger partial charge in [0, 0.05) is 31.3 Å². The first kappa shape index (κ1) is 35.7. The highest BCUT2D eigenvalue weighted by molar-refractivity contribution is 5.82. The van der Waals surface area contributed by atoms with E-state index in [4.69, 9.17) is 18.9 Å². The molecular formula is C35H50O9. The summed E-state index contributed by atoms with van der Waals surface area (Å²) in [6, 6.07) is 0. The third kappa shape index (κ3) is 10.4. The Hall–Kier alpha value is -2.82. The van der Waals surface area contributed by atoms with Crippen molar-refractivity contribution in [3.8, 4) is 0 Å². The van der Waals surface area contributed by atoms with E-state index >= 15 is 0 Å². The molecule has 3 aliphatic heterocycles. The van der Waals surface area contributed by atoms with Crippen molar-refractivity contribution in [3.05, 3.63) is 72.4 Å². The van der Waals surface area contributed by atoms with Crippen molar-refractivity contribution in [1.82, 2.24) is 0 Å². The molecule has 0 saturated carbocycles. The first-order valence-corrected chi connectivity index (χ1v) is 15.7. The molecule has 9 nitrogen and oxygen atoms in total. The summed E-state index contributed by atoms with van der Waals surface area (Å²) in [6.07, 6.45) is 19.4. The molecule has 0 spiro atoms. The van der Waals surface area contributed by atoms with Gasteiger partial charge in [-0.25, -0.2) is 9.59 Å². The van der Waals surface area contributed by atoms with Crippen LogP contribution in [0.25, 0.3) is 0 Å². The summed E-state index contributed by atoms with van der Waals surface area (Å²) < 4.78 is 23.4. The number of hydrogen-bond donors (Lipinski definition) is 3. The van der Waals surface area contributed by atoms with Gasteiger partial charge in [-0.2, -0.15) is 0 Å². The van der Waals surface area contributed by atoms with Gasteiger partial charge in [0.1, 0.15) is 6.10 Å². The monoisotopic (exact) mass is 614 g/mol. The summed E-state index contributed by atoms with van der Waals surface area (Å²) in [5.74, 6) is -1.21. The van der Waals surface area contributed by atoms with Crippen molar-refractivity contribution >= 4 is 11.9 Å². The molecule has 2 fully saturated rings. The van der Waals surface area contributed by atoms with Gasteiger partial charge in [-0.3, -0.25) is 0 Å². The van der Waals surface area contributed by atoms with Gasteiger partial charge >= 0.3 is 11.9 Å². The van der Waals surface area contributed by atoms with Gasteiger partial charge in [-0.05, 0) is 33.1 Å². The van der Waals surface area contributed by atoms with Gasteiger partial charge in [0.15, 0.2) is 6.10 Å². The van der Waals surface area contributed by atoms with Crippen LogP contribution in [0.1, 0.15) is 66.2 Å². The highest BCUT2D eigenvalue weighted by atomic mass is 16.6. The molecule has 3 rings (SSSR count). The molecule has 3 N–H and O–H groups in total. The zero-order valence-corrected chi connectivity index (χ0v) is 26.4. The van der Waals surface area contributed by atoms with Crippen molar-refractivity contribution < 1.29 is 43.9 Å². The van der Waals surface area contributed by atoms with Crippen molar-refractivity contribution in [3.63, 3.8) is 0 Å². The lowest BCUT2D eigenvalue weighted by molar-refractivity contribution is -0.198. The van der Waals surface area contributed by atoms with E-state index in [-0.39, 0.29) is 43.9 Å². The van der Waals surface area contributed by atoms with Crippen LogP contribution < -0.4 is 0 Å². The topological polar surface area (TPSA) is 132 Å². The zero-order valence-electron chi connectivity index (χ0n) is 26.4. The number of carbonyl (C=O) groups is 2. The maximum atomic E-state index is 12.9. The fourth-order valence-corrected chi connectivity index (χ4v) is 5.67. The van der Waals surface area contributed by atoms with Crippen LogP contribution in [0, 0.1) is 11.3 Å². The van der Waals surface area contributed by atoms with E-state index in [9.17, 15) is 24.9 Å². The second kappa shape index (κ2) is 17.6. The Morgan fingerprint density at radius 1 is 1.16 bits per heavy atom. The SMILES string of the molecule is CCOC(=O)C(O)C/C=C\C[C@@H]1O[C@@H]2/C=C/C/C=C/C(C)=C\[C@H]3O[C@@H](C/C=C/C=C/C(=O)O[C@H](C2)[C@@]1(C)CO)C[C@H](O)[C@H]3C. The van der Waals surface area contributed by atoms with Crippen molar-refractivity contribution in [2.45, 2.75) is 109 Å². The highest BCUT2D eigenvalue weighted by Crippen LogP contribution is 2.41. The summed E-state index contributed by atoms with van der Waals surface area (Å²) >= 11 is 0. The van der Waals surface area contributed by atoms with E-state index in [2.05, 4.69) is 6.08 Å². The average Bonchev–Trinajstić information content (AvgIpc) is 2.98. The van der Waals surface area contributed by atoms with E-state index in [0.29, 0.717) is 32.1 Å². The smallest absolute Gasteiger partial charge is 0.335 e. The number of esters is 2. The second-order valence-electron chi connectivity index (χ2n) is 12.1. The predicted molar refractivity (Wildman–Crippen MR) is 167 cm³/mol. The van der Waals surface area contributed by atoms with Gasteiger partial charge in [-0.15, -0.1) is 0 Å². The molecule has 0 aromatic heterocycles. The molecular weight excluding hydrogens is 564 g/mol. The van der Waals surface area contributed by atoms with Crippen LogP contribution in [-0.4, -0.2) is 83.2 Å². The van der Waals surface area contributed by atoms with Gasteiger partial charge in [-0.1, -0.05) is 80.2 Å². The molecule has 44 heavy (non-hydrogen) atoms. The van der Waals surface area contributed by atoms with Gasteiger partial charge in [0.25, 0.3) is 0 Å². The number of hydrogen-bond acceptors (Lipinski definition) is 9. The Labute approximate surface area is 261 Å². The van der Waals surface area contributed by atoms with Crippen LogP contribution in [0.3, 0.4) is 0 Å². The fourth-order valence-electron chi connectivity index (χ4n) is 5.67. The second-order valence-corrected chi connectivity index (χ2v) is 12.1. The lowest BCUT2D eigenvalue weighted by atomic mass is 9.73. The molecule has 2 saturated heterocycles. The lowest BCUT2D eigenvalue weighted by Gasteiger charge is -2.47. The van der Waals surface area contributed by atoms with Crippen LogP contribution in [0.15, 0.2) is 72.4 Å². The molecule has 0 aromatic rings. The summed E-state index contributed by atoms with van der Waals surface area (Å²) in [4.78, 5) is 24.6. The van der Waals surface area contributed by atoms with E-state index in [1.54, 1.807) is 31.2 Å². The normalized spacial score (nSPS) is 38.4. The number of carbonyl (C=O) groups excluding carboxylic acids is 2. The van der Waals surface area contributed by atoms with Crippen molar-refractivity contribution in [2.75, 3.05) is 13.2 Å². The summed E-state index contributed by atoms with van der Waals surface area (Å²) in [6.45, 7) is 7.46. The van der Waals surface area contributed by atoms with Crippen molar-refractivity contribution in [1.29, 1.82) is 0 Å². The number of aliphatic hydroxyl groups excluding tert-OH is 3. The average molecular weight is 615 g/mol. The van der Waals surface area contributed by atoms with Gasteiger partial charge in [0.2, 0.25) is 0 Å². The molecule has 9 atom stereocenters. The molecule has 0 radical (unpaired) electrons. The Balaban J connectivity index is 1.80. The van der Waals surface area contributed by atoms with Crippen LogP contribution in [0.2, 0.25) is 0 Å². The Kier molecular flexibility index (Phi) is 14.3. The molecule has 9 heteroatoms. The highest BCUT2D eigenvalue weighted by Gasteiger charge is 2.49. The number of fused-ring (bicyclic) bond motifs is 4.